The minimum Gasteiger partial charge on any atom is -0.489 e. The van der Waals surface area contributed by atoms with Crippen LogP contribution in [0.25, 0.3) is 0 Å². The first-order valence-electron chi connectivity index (χ1n) is 5.91. The summed E-state index contributed by atoms with van der Waals surface area (Å²) in [6.45, 7) is 0.284. The van der Waals surface area contributed by atoms with Gasteiger partial charge in [-0.3, -0.25) is 0 Å². The molecule has 0 N–H and O–H groups in total. The van der Waals surface area contributed by atoms with E-state index in [1.165, 1.54) is 6.07 Å². The van der Waals surface area contributed by atoms with Crippen LogP contribution in [0, 0.1) is 17.7 Å². The minimum atomic E-state index is -0.431. The van der Waals surface area contributed by atoms with Crippen molar-refractivity contribution in [2.45, 2.75) is 6.61 Å². The summed E-state index contributed by atoms with van der Waals surface area (Å²) < 4.78 is 19.2. The van der Waals surface area contributed by atoms with Gasteiger partial charge in [0.15, 0.2) is 0 Å². The van der Waals surface area contributed by atoms with E-state index in [-0.39, 0.29) is 12.5 Å². The second-order valence-corrected chi connectivity index (χ2v) is 4.63. The van der Waals surface area contributed by atoms with Crippen molar-refractivity contribution in [1.29, 1.82) is 0 Å². The van der Waals surface area contributed by atoms with E-state index in [1.807, 2.05) is 18.2 Å². The van der Waals surface area contributed by atoms with E-state index in [2.05, 4.69) is 11.8 Å². The number of benzene rings is 2. The van der Waals surface area contributed by atoms with E-state index in [9.17, 15) is 4.39 Å². The molecule has 0 amide bonds. The van der Waals surface area contributed by atoms with E-state index in [0.29, 0.717) is 16.3 Å². The van der Waals surface area contributed by atoms with Crippen molar-refractivity contribution in [2.24, 2.45) is 0 Å². The van der Waals surface area contributed by atoms with Crippen LogP contribution in [-0.2, 0) is 6.61 Å². The average molecular weight is 309 g/mol. The van der Waals surface area contributed by atoms with Crippen molar-refractivity contribution in [2.75, 3.05) is 5.88 Å². The fourth-order valence-electron chi connectivity index (χ4n) is 1.59. The van der Waals surface area contributed by atoms with Crippen LogP contribution in [0.1, 0.15) is 11.1 Å². The van der Waals surface area contributed by atoms with E-state index in [0.717, 1.165) is 5.56 Å². The Morgan fingerprint density at radius 1 is 1.15 bits per heavy atom. The summed E-state index contributed by atoms with van der Waals surface area (Å²) >= 11 is 11.5. The Bertz CT molecular complexity index is 659. The molecule has 0 spiro atoms. The van der Waals surface area contributed by atoms with Gasteiger partial charge in [-0.1, -0.05) is 41.6 Å². The fourth-order valence-corrected chi connectivity index (χ4v) is 1.85. The van der Waals surface area contributed by atoms with Gasteiger partial charge in [0.2, 0.25) is 0 Å². The van der Waals surface area contributed by atoms with Gasteiger partial charge in [-0.05, 0) is 18.2 Å². The van der Waals surface area contributed by atoms with Crippen LogP contribution in [0.3, 0.4) is 0 Å². The monoisotopic (exact) mass is 308 g/mol. The van der Waals surface area contributed by atoms with Gasteiger partial charge in [-0.15, -0.1) is 11.6 Å². The average Bonchev–Trinajstić information content (AvgIpc) is 2.45. The SMILES string of the molecule is Fc1cc(OCc2ccccc2Cl)ccc1C#CCCl. The molecule has 0 atom stereocenters. The summed E-state index contributed by atoms with van der Waals surface area (Å²) in [5.41, 5.74) is 1.15. The van der Waals surface area contributed by atoms with E-state index < -0.39 is 5.82 Å². The topological polar surface area (TPSA) is 9.23 Å². The maximum atomic E-state index is 13.7. The third kappa shape index (κ3) is 3.90. The molecule has 20 heavy (non-hydrogen) atoms. The summed E-state index contributed by atoms with van der Waals surface area (Å²) in [5.74, 6) is 5.42. The summed E-state index contributed by atoms with van der Waals surface area (Å²) in [7, 11) is 0. The van der Waals surface area contributed by atoms with Crippen molar-refractivity contribution in [1.82, 2.24) is 0 Å². The van der Waals surface area contributed by atoms with Crippen molar-refractivity contribution < 1.29 is 9.13 Å². The zero-order valence-corrected chi connectivity index (χ0v) is 12.0. The second kappa shape index (κ2) is 7.19. The molecule has 2 aromatic rings. The lowest BCUT2D eigenvalue weighted by Gasteiger charge is -2.08. The lowest BCUT2D eigenvalue weighted by Crippen LogP contribution is -1.97. The molecule has 1 nitrogen and oxygen atoms in total. The van der Waals surface area contributed by atoms with Crippen LogP contribution in [0.2, 0.25) is 5.02 Å². The Balaban J connectivity index is 2.08. The van der Waals surface area contributed by atoms with E-state index >= 15 is 0 Å². The highest BCUT2D eigenvalue weighted by Crippen LogP contribution is 2.20. The predicted octanol–water partition coefficient (Wildman–Crippen LogP) is 4.65. The molecule has 0 aromatic heterocycles. The minimum absolute atomic E-state index is 0.171. The molecule has 0 aliphatic rings. The van der Waals surface area contributed by atoms with Gasteiger partial charge in [0.05, 0.1) is 11.4 Å². The molecule has 0 bridgehead atoms. The molecule has 0 saturated heterocycles. The molecule has 0 heterocycles. The molecular weight excluding hydrogens is 298 g/mol. The molecule has 4 heteroatoms. The Morgan fingerprint density at radius 3 is 2.65 bits per heavy atom. The first-order valence-corrected chi connectivity index (χ1v) is 6.82. The smallest absolute Gasteiger partial charge is 0.142 e. The molecule has 0 fully saturated rings. The van der Waals surface area contributed by atoms with Gasteiger partial charge in [0, 0.05) is 16.7 Å². The van der Waals surface area contributed by atoms with Crippen LogP contribution in [-0.4, -0.2) is 5.88 Å². The second-order valence-electron chi connectivity index (χ2n) is 3.96. The Hall–Kier alpha value is -1.69. The summed E-state index contributed by atoms with van der Waals surface area (Å²) in [6.07, 6.45) is 0. The summed E-state index contributed by atoms with van der Waals surface area (Å²) in [4.78, 5) is 0. The van der Waals surface area contributed by atoms with Gasteiger partial charge < -0.3 is 4.74 Å². The number of hydrogen-bond acceptors (Lipinski definition) is 1. The fraction of sp³-hybridized carbons (Fsp3) is 0.125. The van der Waals surface area contributed by atoms with Crippen molar-refractivity contribution in [3.05, 3.63) is 64.4 Å². The number of ether oxygens (including phenoxy) is 1. The molecule has 2 aromatic carbocycles. The molecule has 0 radical (unpaired) electrons. The van der Waals surface area contributed by atoms with E-state index in [4.69, 9.17) is 27.9 Å². The molecule has 0 saturated carbocycles. The van der Waals surface area contributed by atoms with Crippen LogP contribution >= 0.6 is 23.2 Å². The Labute approximate surface area is 127 Å². The first kappa shape index (κ1) is 14.7. The standard InChI is InChI=1S/C16H11Cl2FO/c17-9-3-5-12-7-8-14(10-16(12)19)20-11-13-4-1-2-6-15(13)18/h1-2,4,6-8,10H,9,11H2. The zero-order valence-electron chi connectivity index (χ0n) is 10.5. The largest absolute Gasteiger partial charge is 0.489 e. The molecule has 102 valence electrons. The zero-order chi connectivity index (χ0) is 14.4. The predicted molar refractivity (Wildman–Crippen MR) is 79.8 cm³/mol. The first-order chi connectivity index (χ1) is 9.70. The summed E-state index contributed by atoms with van der Waals surface area (Å²) in [5, 5.41) is 0.623. The highest BCUT2D eigenvalue weighted by molar-refractivity contribution is 6.31. The molecule has 2 rings (SSSR count). The lowest BCUT2D eigenvalue weighted by atomic mass is 10.2. The van der Waals surface area contributed by atoms with Crippen LogP contribution in [0.15, 0.2) is 42.5 Å². The third-order valence-corrected chi connectivity index (χ3v) is 3.08. The van der Waals surface area contributed by atoms with Gasteiger partial charge in [-0.25, -0.2) is 4.39 Å². The maximum absolute atomic E-state index is 13.7. The van der Waals surface area contributed by atoms with Gasteiger partial charge >= 0.3 is 0 Å². The number of alkyl halides is 1. The number of halogens is 3. The number of hydrogen-bond donors (Lipinski definition) is 0. The van der Waals surface area contributed by atoms with Gasteiger partial charge in [-0.2, -0.15) is 0 Å². The Morgan fingerprint density at radius 2 is 1.95 bits per heavy atom. The van der Waals surface area contributed by atoms with Crippen molar-refractivity contribution >= 4 is 23.2 Å². The van der Waals surface area contributed by atoms with Crippen molar-refractivity contribution in [3.63, 3.8) is 0 Å². The summed E-state index contributed by atoms with van der Waals surface area (Å²) in [6, 6.07) is 11.9. The highest BCUT2D eigenvalue weighted by Gasteiger charge is 2.04. The Kier molecular flexibility index (Phi) is 5.29. The molecule has 0 unspecified atom stereocenters. The van der Waals surface area contributed by atoms with Gasteiger partial charge in [0.1, 0.15) is 18.2 Å². The quantitative estimate of drug-likeness (QED) is 0.592. The number of rotatable bonds is 3. The highest BCUT2D eigenvalue weighted by atomic mass is 35.5. The molecule has 0 aliphatic carbocycles. The lowest BCUT2D eigenvalue weighted by molar-refractivity contribution is 0.304. The van der Waals surface area contributed by atoms with Gasteiger partial charge in [0.25, 0.3) is 0 Å². The van der Waals surface area contributed by atoms with Crippen LogP contribution in [0.4, 0.5) is 4.39 Å². The van der Waals surface area contributed by atoms with Crippen LogP contribution in [0.5, 0.6) is 5.75 Å². The molecular formula is C16H11Cl2FO. The normalized spacial score (nSPS) is 9.75. The van der Waals surface area contributed by atoms with Crippen LogP contribution < -0.4 is 4.74 Å². The molecule has 0 aliphatic heterocycles. The van der Waals surface area contributed by atoms with Crippen molar-refractivity contribution in [3.8, 4) is 17.6 Å². The van der Waals surface area contributed by atoms with E-state index in [1.54, 1.807) is 18.2 Å². The third-order valence-electron chi connectivity index (χ3n) is 2.58. The maximum Gasteiger partial charge on any atom is 0.142 e.